The normalized spacial score (nSPS) is 17.5. The Morgan fingerprint density at radius 2 is 1.74 bits per heavy atom. The fourth-order valence-electron chi connectivity index (χ4n) is 2.75. The summed E-state index contributed by atoms with van der Waals surface area (Å²) in [6.45, 7) is 2.55. The lowest BCUT2D eigenvalue weighted by Crippen LogP contribution is -2.42. The number of carbonyl (C=O) groups excluding carboxylic acids is 2. The molecular weight excluding hydrogens is 290 g/mol. The molecule has 0 saturated carbocycles. The van der Waals surface area contributed by atoms with Gasteiger partial charge in [-0.3, -0.25) is 4.79 Å². The van der Waals surface area contributed by atoms with E-state index in [4.69, 9.17) is 0 Å². The number of nitrogens with one attached hydrogen (secondary N) is 1. The van der Waals surface area contributed by atoms with E-state index in [1.54, 1.807) is 9.80 Å². The van der Waals surface area contributed by atoms with Gasteiger partial charge in [-0.1, -0.05) is 43.2 Å². The highest BCUT2D eigenvalue weighted by Gasteiger charge is 2.17. The Bertz CT molecular complexity index is 504. The van der Waals surface area contributed by atoms with E-state index >= 15 is 0 Å². The van der Waals surface area contributed by atoms with Gasteiger partial charge in [-0.05, 0) is 18.4 Å². The van der Waals surface area contributed by atoms with Crippen LogP contribution in [-0.4, -0.2) is 48.4 Å². The predicted molar refractivity (Wildman–Crippen MR) is 91.0 cm³/mol. The number of nitrogens with zero attached hydrogens (tertiary/aromatic N) is 2. The molecule has 0 aliphatic carbocycles. The third-order valence-corrected chi connectivity index (χ3v) is 4.27. The van der Waals surface area contributed by atoms with Crippen LogP contribution < -0.4 is 5.32 Å². The topological polar surface area (TPSA) is 52.6 Å². The van der Waals surface area contributed by atoms with E-state index in [2.05, 4.69) is 5.32 Å². The van der Waals surface area contributed by atoms with E-state index in [1.807, 2.05) is 37.4 Å². The number of urea groups is 1. The Balaban J connectivity index is 1.88. The van der Waals surface area contributed by atoms with Crippen LogP contribution in [0.15, 0.2) is 30.3 Å². The highest BCUT2D eigenvalue weighted by Crippen LogP contribution is 2.08. The molecule has 1 N–H and O–H groups in total. The average molecular weight is 317 g/mol. The molecule has 2 rings (SSSR count). The number of carbonyl (C=O) groups is 2. The SMILES string of the molecule is CN1CCCCCCN(C(=O)NCc2ccccc2)CCC1=O. The van der Waals surface area contributed by atoms with Gasteiger partial charge in [0.15, 0.2) is 0 Å². The molecule has 5 heteroatoms. The molecule has 0 aromatic heterocycles. The van der Waals surface area contributed by atoms with Crippen LogP contribution in [0, 0.1) is 0 Å². The third-order valence-electron chi connectivity index (χ3n) is 4.27. The van der Waals surface area contributed by atoms with Crippen LogP contribution in [0.2, 0.25) is 0 Å². The van der Waals surface area contributed by atoms with Crippen LogP contribution in [0.5, 0.6) is 0 Å². The molecule has 1 aliphatic rings. The van der Waals surface area contributed by atoms with Crippen LogP contribution in [0.4, 0.5) is 4.79 Å². The van der Waals surface area contributed by atoms with Crippen molar-refractivity contribution in [3.63, 3.8) is 0 Å². The van der Waals surface area contributed by atoms with Crippen molar-refractivity contribution in [1.29, 1.82) is 0 Å². The van der Waals surface area contributed by atoms with Crippen molar-refractivity contribution in [3.8, 4) is 0 Å². The summed E-state index contributed by atoms with van der Waals surface area (Å²) in [5.74, 6) is 0.118. The number of hydrogen-bond donors (Lipinski definition) is 1. The van der Waals surface area contributed by atoms with E-state index in [9.17, 15) is 9.59 Å². The molecule has 1 aliphatic heterocycles. The van der Waals surface area contributed by atoms with Crippen LogP contribution >= 0.6 is 0 Å². The number of hydrogen-bond acceptors (Lipinski definition) is 2. The Labute approximate surface area is 138 Å². The van der Waals surface area contributed by atoms with Gasteiger partial charge >= 0.3 is 6.03 Å². The third kappa shape index (κ3) is 5.93. The summed E-state index contributed by atoms with van der Waals surface area (Å²) in [6.07, 6.45) is 4.65. The Morgan fingerprint density at radius 1 is 1.04 bits per heavy atom. The molecular formula is C18H27N3O2. The fraction of sp³-hybridized carbons (Fsp3) is 0.556. The minimum absolute atomic E-state index is 0.0800. The van der Waals surface area contributed by atoms with Gasteiger partial charge in [0.05, 0.1) is 0 Å². The van der Waals surface area contributed by atoms with Crippen LogP contribution in [0.25, 0.3) is 0 Å². The molecule has 0 unspecified atom stereocenters. The molecule has 0 bridgehead atoms. The first-order valence-corrected chi connectivity index (χ1v) is 8.47. The van der Waals surface area contributed by atoms with Gasteiger partial charge in [-0.25, -0.2) is 4.79 Å². The summed E-state index contributed by atoms with van der Waals surface area (Å²) in [7, 11) is 1.85. The molecule has 0 spiro atoms. The van der Waals surface area contributed by atoms with E-state index in [0.717, 1.165) is 44.3 Å². The first-order chi connectivity index (χ1) is 11.2. The van der Waals surface area contributed by atoms with Crippen LogP contribution in [0.3, 0.4) is 0 Å². The van der Waals surface area contributed by atoms with Gasteiger partial charge in [-0.15, -0.1) is 0 Å². The van der Waals surface area contributed by atoms with E-state index < -0.39 is 0 Å². The zero-order valence-electron chi connectivity index (χ0n) is 14.0. The van der Waals surface area contributed by atoms with E-state index in [1.165, 1.54) is 0 Å². The first kappa shape index (κ1) is 17.3. The molecule has 0 radical (unpaired) electrons. The Kier molecular flexibility index (Phi) is 6.91. The standard InChI is InChI=1S/C18H27N3O2/c1-20-12-7-2-3-8-13-21(14-11-17(20)22)18(23)19-15-16-9-5-4-6-10-16/h4-6,9-10H,2-3,7-8,11-15H2,1H3,(H,19,23). The van der Waals surface area contributed by atoms with Crippen LogP contribution in [0.1, 0.15) is 37.7 Å². The maximum atomic E-state index is 12.4. The maximum Gasteiger partial charge on any atom is 0.317 e. The number of rotatable bonds is 2. The van der Waals surface area contributed by atoms with Crippen molar-refractivity contribution in [2.45, 2.75) is 38.6 Å². The van der Waals surface area contributed by atoms with Gasteiger partial charge in [0.1, 0.15) is 0 Å². The zero-order chi connectivity index (χ0) is 16.5. The van der Waals surface area contributed by atoms with Crippen molar-refractivity contribution in [1.82, 2.24) is 15.1 Å². The fourth-order valence-corrected chi connectivity index (χ4v) is 2.75. The van der Waals surface area contributed by atoms with Crippen molar-refractivity contribution in [3.05, 3.63) is 35.9 Å². The summed E-state index contributed by atoms with van der Waals surface area (Å²) in [5.41, 5.74) is 1.08. The smallest absolute Gasteiger partial charge is 0.317 e. The van der Waals surface area contributed by atoms with Crippen molar-refractivity contribution in [2.75, 3.05) is 26.7 Å². The Hall–Kier alpha value is -2.04. The van der Waals surface area contributed by atoms with Crippen LogP contribution in [-0.2, 0) is 11.3 Å². The predicted octanol–water partition coefficient (Wildman–Crippen LogP) is 2.62. The molecule has 126 valence electrons. The van der Waals surface area contributed by atoms with E-state index in [-0.39, 0.29) is 11.9 Å². The first-order valence-electron chi connectivity index (χ1n) is 8.47. The van der Waals surface area contributed by atoms with Gasteiger partial charge < -0.3 is 15.1 Å². The van der Waals surface area contributed by atoms with Gasteiger partial charge in [0, 0.05) is 39.6 Å². The molecule has 3 amide bonds. The molecule has 1 aromatic carbocycles. The Morgan fingerprint density at radius 3 is 2.48 bits per heavy atom. The monoisotopic (exact) mass is 317 g/mol. The molecule has 1 saturated heterocycles. The zero-order valence-corrected chi connectivity index (χ0v) is 14.0. The van der Waals surface area contributed by atoms with Crippen molar-refractivity contribution >= 4 is 11.9 Å². The summed E-state index contributed by atoms with van der Waals surface area (Å²) in [6, 6.07) is 9.79. The van der Waals surface area contributed by atoms with E-state index in [0.29, 0.717) is 19.5 Å². The number of amides is 3. The summed E-state index contributed by atoms with van der Waals surface area (Å²) in [4.78, 5) is 28.0. The van der Waals surface area contributed by atoms with Crippen molar-refractivity contribution < 1.29 is 9.59 Å². The second-order valence-electron chi connectivity index (χ2n) is 6.11. The quantitative estimate of drug-likeness (QED) is 0.911. The van der Waals surface area contributed by atoms with Gasteiger partial charge in [0.2, 0.25) is 5.91 Å². The van der Waals surface area contributed by atoms with Gasteiger partial charge in [-0.2, -0.15) is 0 Å². The molecule has 1 aromatic rings. The minimum atomic E-state index is -0.0800. The highest BCUT2D eigenvalue weighted by molar-refractivity contribution is 5.78. The largest absolute Gasteiger partial charge is 0.346 e. The molecule has 23 heavy (non-hydrogen) atoms. The lowest BCUT2D eigenvalue weighted by atomic mass is 10.2. The maximum absolute atomic E-state index is 12.4. The molecule has 1 heterocycles. The lowest BCUT2D eigenvalue weighted by Gasteiger charge is -2.23. The van der Waals surface area contributed by atoms with Crippen molar-refractivity contribution in [2.24, 2.45) is 0 Å². The summed E-state index contributed by atoms with van der Waals surface area (Å²) in [5, 5.41) is 2.96. The number of benzene rings is 1. The molecule has 0 atom stereocenters. The van der Waals surface area contributed by atoms with Gasteiger partial charge in [0.25, 0.3) is 0 Å². The second kappa shape index (κ2) is 9.18. The molecule has 5 nitrogen and oxygen atoms in total. The summed E-state index contributed by atoms with van der Waals surface area (Å²) >= 11 is 0. The lowest BCUT2D eigenvalue weighted by molar-refractivity contribution is -0.130. The highest BCUT2D eigenvalue weighted by atomic mass is 16.2. The molecule has 1 fully saturated rings. The summed E-state index contributed by atoms with van der Waals surface area (Å²) < 4.78 is 0. The average Bonchev–Trinajstić information content (AvgIpc) is 2.61. The minimum Gasteiger partial charge on any atom is -0.346 e. The second-order valence-corrected chi connectivity index (χ2v) is 6.11.